The number of hydrogen-bond donors (Lipinski definition) is 1. The number of rotatable bonds is 7. The van der Waals surface area contributed by atoms with Crippen molar-refractivity contribution in [2.75, 3.05) is 13.1 Å². The summed E-state index contributed by atoms with van der Waals surface area (Å²) < 4.78 is 18.5. The topological polar surface area (TPSA) is 58.6 Å². The summed E-state index contributed by atoms with van der Waals surface area (Å²) >= 11 is 0. The van der Waals surface area contributed by atoms with Gasteiger partial charge in [0.15, 0.2) is 0 Å². The van der Waals surface area contributed by atoms with Gasteiger partial charge < -0.3 is 15.0 Å². The predicted molar refractivity (Wildman–Crippen MR) is 133 cm³/mol. The SMILES string of the molecule is CC(NC(=O)CC1(c2ccccc2)CCN(C(=O)OCc2ccc(F)cc2)CC1)c1ccccc1. The lowest BCUT2D eigenvalue weighted by Crippen LogP contribution is -2.47. The average Bonchev–Trinajstić information content (AvgIpc) is 2.89. The van der Waals surface area contributed by atoms with Crippen molar-refractivity contribution in [1.29, 1.82) is 0 Å². The van der Waals surface area contributed by atoms with E-state index in [2.05, 4.69) is 17.4 Å². The first kappa shape index (κ1) is 24.5. The second-order valence-electron chi connectivity index (χ2n) is 9.19. The highest BCUT2D eigenvalue weighted by Crippen LogP contribution is 2.39. The van der Waals surface area contributed by atoms with Crippen LogP contribution in [0.4, 0.5) is 9.18 Å². The Morgan fingerprint density at radius 1 is 0.943 bits per heavy atom. The molecular formula is C29H31FN2O3. The molecule has 0 radical (unpaired) electrons. The fraction of sp³-hybridized carbons (Fsp3) is 0.310. The van der Waals surface area contributed by atoms with Gasteiger partial charge in [-0.25, -0.2) is 9.18 Å². The van der Waals surface area contributed by atoms with Crippen LogP contribution in [0.25, 0.3) is 0 Å². The highest BCUT2D eigenvalue weighted by atomic mass is 19.1. The van der Waals surface area contributed by atoms with Crippen molar-refractivity contribution in [3.05, 3.63) is 107 Å². The molecule has 5 nitrogen and oxygen atoms in total. The summed E-state index contributed by atoms with van der Waals surface area (Å²) in [6.45, 7) is 3.08. The van der Waals surface area contributed by atoms with Crippen LogP contribution >= 0.6 is 0 Å². The second-order valence-corrected chi connectivity index (χ2v) is 9.19. The van der Waals surface area contributed by atoms with E-state index in [0.29, 0.717) is 32.4 Å². The molecule has 0 spiro atoms. The monoisotopic (exact) mass is 474 g/mol. The zero-order chi connectivity index (χ0) is 24.7. The molecule has 1 saturated heterocycles. The summed E-state index contributed by atoms with van der Waals surface area (Å²) in [6.07, 6.45) is 1.29. The predicted octanol–water partition coefficient (Wildman–Crippen LogP) is 5.76. The van der Waals surface area contributed by atoms with Gasteiger partial charge in [0.2, 0.25) is 5.91 Å². The number of carbonyl (C=O) groups excluding carboxylic acids is 2. The molecule has 1 atom stereocenters. The molecule has 3 aromatic carbocycles. The van der Waals surface area contributed by atoms with E-state index >= 15 is 0 Å². The molecule has 35 heavy (non-hydrogen) atoms. The number of amides is 2. The van der Waals surface area contributed by atoms with Gasteiger partial charge in [-0.1, -0.05) is 72.8 Å². The maximum atomic E-state index is 13.1. The summed E-state index contributed by atoms with van der Waals surface area (Å²) in [7, 11) is 0. The van der Waals surface area contributed by atoms with Crippen LogP contribution in [0.15, 0.2) is 84.9 Å². The zero-order valence-corrected chi connectivity index (χ0v) is 20.0. The van der Waals surface area contributed by atoms with E-state index in [9.17, 15) is 14.0 Å². The molecule has 0 bridgehead atoms. The zero-order valence-electron chi connectivity index (χ0n) is 20.0. The van der Waals surface area contributed by atoms with Crippen molar-refractivity contribution in [2.24, 2.45) is 0 Å². The molecule has 1 heterocycles. The van der Waals surface area contributed by atoms with Crippen LogP contribution in [0.5, 0.6) is 0 Å². The van der Waals surface area contributed by atoms with Crippen molar-refractivity contribution in [2.45, 2.75) is 44.2 Å². The minimum Gasteiger partial charge on any atom is -0.445 e. The Morgan fingerprint density at radius 3 is 2.17 bits per heavy atom. The summed E-state index contributed by atoms with van der Waals surface area (Å²) in [5.74, 6) is -0.326. The van der Waals surface area contributed by atoms with Crippen LogP contribution in [0, 0.1) is 5.82 Å². The molecule has 0 saturated carbocycles. The third kappa shape index (κ3) is 6.27. The molecule has 1 fully saturated rings. The van der Waals surface area contributed by atoms with Gasteiger partial charge >= 0.3 is 6.09 Å². The first-order valence-corrected chi connectivity index (χ1v) is 12.0. The van der Waals surface area contributed by atoms with Gasteiger partial charge in [0.25, 0.3) is 0 Å². The van der Waals surface area contributed by atoms with E-state index in [1.165, 1.54) is 12.1 Å². The minimum absolute atomic E-state index is 0.00228. The Kier molecular flexibility index (Phi) is 7.80. The van der Waals surface area contributed by atoms with Crippen LogP contribution in [0.1, 0.15) is 48.9 Å². The molecule has 1 aliphatic rings. The fourth-order valence-corrected chi connectivity index (χ4v) is 4.72. The normalized spacial score (nSPS) is 15.8. The van der Waals surface area contributed by atoms with E-state index in [-0.39, 0.29) is 29.8 Å². The summed E-state index contributed by atoms with van der Waals surface area (Å²) in [4.78, 5) is 27.5. The summed E-state index contributed by atoms with van der Waals surface area (Å²) in [6, 6.07) is 25.8. The fourth-order valence-electron chi connectivity index (χ4n) is 4.72. The van der Waals surface area contributed by atoms with Crippen LogP contribution in [-0.2, 0) is 21.6 Å². The third-order valence-corrected chi connectivity index (χ3v) is 6.82. The van der Waals surface area contributed by atoms with E-state index in [1.807, 2.05) is 55.5 Å². The number of ether oxygens (including phenoxy) is 1. The molecule has 182 valence electrons. The maximum Gasteiger partial charge on any atom is 0.410 e. The quantitative estimate of drug-likeness (QED) is 0.473. The Balaban J connectivity index is 1.39. The smallest absolute Gasteiger partial charge is 0.410 e. The molecule has 0 aromatic heterocycles. The van der Waals surface area contributed by atoms with Crippen molar-refractivity contribution in [3.63, 3.8) is 0 Å². The van der Waals surface area contributed by atoms with Gasteiger partial charge in [-0.15, -0.1) is 0 Å². The lowest BCUT2D eigenvalue weighted by molar-refractivity contribution is -0.123. The van der Waals surface area contributed by atoms with Gasteiger partial charge in [-0.3, -0.25) is 4.79 Å². The Morgan fingerprint density at radius 2 is 1.54 bits per heavy atom. The van der Waals surface area contributed by atoms with Crippen LogP contribution in [-0.4, -0.2) is 30.0 Å². The van der Waals surface area contributed by atoms with Crippen LogP contribution in [0.2, 0.25) is 0 Å². The summed E-state index contributed by atoms with van der Waals surface area (Å²) in [5.41, 5.74) is 2.56. The third-order valence-electron chi connectivity index (χ3n) is 6.82. The van der Waals surface area contributed by atoms with E-state index < -0.39 is 6.09 Å². The van der Waals surface area contributed by atoms with Crippen LogP contribution < -0.4 is 5.32 Å². The highest BCUT2D eigenvalue weighted by molar-refractivity contribution is 5.78. The van der Waals surface area contributed by atoms with Crippen molar-refractivity contribution >= 4 is 12.0 Å². The average molecular weight is 475 g/mol. The second kappa shape index (κ2) is 11.2. The summed E-state index contributed by atoms with van der Waals surface area (Å²) in [5, 5.41) is 3.14. The largest absolute Gasteiger partial charge is 0.445 e. The number of benzene rings is 3. The van der Waals surface area contributed by atoms with Gasteiger partial charge in [0, 0.05) is 24.9 Å². The van der Waals surface area contributed by atoms with Gasteiger partial charge in [0.1, 0.15) is 12.4 Å². The molecule has 1 unspecified atom stereocenters. The van der Waals surface area contributed by atoms with Gasteiger partial charge in [-0.05, 0) is 48.6 Å². The van der Waals surface area contributed by atoms with Gasteiger partial charge in [-0.2, -0.15) is 0 Å². The number of nitrogens with zero attached hydrogens (tertiary/aromatic N) is 1. The molecule has 0 aliphatic carbocycles. The number of nitrogens with one attached hydrogen (secondary N) is 1. The standard InChI is InChI=1S/C29H31FN2O3/c1-22(24-8-4-2-5-9-24)31-27(33)20-29(25-10-6-3-7-11-25)16-18-32(19-17-29)28(34)35-21-23-12-14-26(30)15-13-23/h2-15,22H,16-21H2,1H3,(H,31,33). The number of halogens is 1. The van der Waals surface area contributed by atoms with E-state index in [1.54, 1.807) is 17.0 Å². The van der Waals surface area contributed by atoms with Crippen LogP contribution in [0.3, 0.4) is 0 Å². The van der Waals surface area contributed by atoms with Gasteiger partial charge in [0.05, 0.1) is 6.04 Å². The Hall–Kier alpha value is -3.67. The number of hydrogen-bond acceptors (Lipinski definition) is 3. The first-order chi connectivity index (χ1) is 16.9. The van der Waals surface area contributed by atoms with E-state index in [4.69, 9.17) is 4.74 Å². The lowest BCUT2D eigenvalue weighted by Gasteiger charge is -2.41. The van der Waals surface area contributed by atoms with Crippen molar-refractivity contribution in [3.8, 4) is 0 Å². The van der Waals surface area contributed by atoms with Crippen molar-refractivity contribution < 1.29 is 18.7 Å². The molecule has 2 amide bonds. The molecule has 4 rings (SSSR count). The molecule has 1 N–H and O–H groups in total. The lowest BCUT2D eigenvalue weighted by atomic mass is 9.70. The Bertz CT molecular complexity index is 1110. The molecular weight excluding hydrogens is 443 g/mol. The van der Waals surface area contributed by atoms with E-state index in [0.717, 1.165) is 16.7 Å². The van der Waals surface area contributed by atoms with Crippen molar-refractivity contribution in [1.82, 2.24) is 10.2 Å². The first-order valence-electron chi connectivity index (χ1n) is 12.0. The minimum atomic E-state index is -0.391. The molecule has 6 heteroatoms. The maximum absolute atomic E-state index is 13.1. The highest BCUT2D eigenvalue weighted by Gasteiger charge is 2.39. The Labute approximate surface area is 205 Å². The number of piperidine rings is 1. The molecule has 3 aromatic rings. The number of likely N-dealkylation sites (tertiary alicyclic amines) is 1. The molecule has 1 aliphatic heterocycles. The number of carbonyl (C=O) groups is 2.